The number of nitrogens with zero attached hydrogens (tertiary/aromatic N) is 2. The van der Waals surface area contributed by atoms with Gasteiger partial charge in [-0.15, -0.1) is 0 Å². The number of nitrogens with one attached hydrogen (secondary N) is 1. The van der Waals surface area contributed by atoms with E-state index in [4.69, 9.17) is 16.3 Å². The molecule has 0 saturated carbocycles. The first-order valence-corrected chi connectivity index (χ1v) is 8.79. The van der Waals surface area contributed by atoms with Gasteiger partial charge >= 0.3 is 0 Å². The molecule has 0 unspecified atom stereocenters. The zero-order valence-electron chi connectivity index (χ0n) is 14.2. The number of morpholine rings is 1. The minimum atomic E-state index is -0.150. The summed E-state index contributed by atoms with van der Waals surface area (Å²) in [6.45, 7) is 6.02. The third-order valence-corrected chi connectivity index (χ3v) is 4.54. The van der Waals surface area contributed by atoms with E-state index >= 15 is 0 Å². The van der Waals surface area contributed by atoms with Gasteiger partial charge in [0.15, 0.2) is 0 Å². The molecule has 0 radical (unpaired) electrons. The average molecular weight is 360 g/mol. The SMILES string of the molecule is Cc1ccc([C@H](CN2CCOCC2)NC(=O)c2ccc(Cl)nc2)cc1. The minimum absolute atomic E-state index is 0.0955. The number of aryl methyl sites for hydroxylation is 1. The summed E-state index contributed by atoms with van der Waals surface area (Å²) in [5.74, 6) is -0.150. The number of hydrogen-bond donors (Lipinski definition) is 1. The smallest absolute Gasteiger partial charge is 0.253 e. The van der Waals surface area contributed by atoms with Crippen molar-refractivity contribution in [1.82, 2.24) is 15.2 Å². The maximum absolute atomic E-state index is 12.6. The summed E-state index contributed by atoms with van der Waals surface area (Å²) in [7, 11) is 0. The summed E-state index contributed by atoms with van der Waals surface area (Å²) in [6.07, 6.45) is 1.50. The Labute approximate surface area is 153 Å². The fourth-order valence-electron chi connectivity index (χ4n) is 2.83. The number of benzene rings is 1. The van der Waals surface area contributed by atoms with Crippen LogP contribution in [-0.2, 0) is 4.74 Å². The number of rotatable bonds is 5. The number of halogens is 1. The van der Waals surface area contributed by atoms with Crippen LogP contribution in [0.15, 0.2) is 42.6 Å². The molecule has 1 N–H and O–H groups in total. The lowest BCUT2D eigenvalue weighted by Gasteiger charge is -2.31. The van der Waals surface area contributed by atoms with E-state index in [0.717, 1.165) is 38.4 Å². The molecule has 25 heavy (non-hydrogen) atoms. The van der Waals surface area contributed by atoms with E-state index in [0.29, 0.717) is 10.7 Å². The Morgan fingerprint density at radius 1 is 1.24 bits per heavy atom. The minimum Gasteiger partial charge on any atom is -0.379 e. The van der Waals surface area contributed by atoms with E-state index in [1.165, 1.54) is 11.8 Å². The maximum atomic E-state index is 12.6. The van der Waals surface area contributed by atoms with Gasteiger partial charge in [-0.1, -0.05) is 41.4 Å². The highest BCUT2D eigenvalue weighted by atomic mass is 35.5. The van der Waals surface area contributed by atoms with Crippen molar-refractivity contribution in [2.75, 3.05) is 32.8 Å². The summed E-state index contributed by atoms with van der Waals surface area (Å²) < 4.78 is 5.41. The number of pyridine rings is 1. The Hall–Kier alpha value is -1.95. The van der Waals surface area contributed by atoms with Crippen molar-refractivity contribution < 1.29 is 9.53 Å². The molecule has 1 amide bonds. The summed E-state index contributed by atoms with van der Waals surface area (Å²) >= 11 is 5.80. The highest BCUT2D eigenvalue weighted by Gasteiger charge is 2.21. The topological polar surface area (TPSA) is 54.5 Å². The Morgan fingerprint density at radius 3 is 2.60 bits per heavy atom. The van der Waals surface area contributed by atoms with Gasteiger partial charge in [-0.05, 0) is 24.6 Å². The van der Waals surface area contributed by atoms with Gasteiger partial charge in [0.05, 0.1) is 24.8 Å². The Bertz CT molecular complexity index is 698. The van der Waals surface area contributed by atoms with E-state index in [9.17, 15) is 4.79 Å². The Balaban J connectivity index is 1.76. The summed E-state index contributed by atoms with van der Waals surface area (Å²) in [5, 5.41) is 3.51. The van der Waals surface area contributed by atoms with Gasteiger partial charge < -0.3 is 10.1 Å². The second kappa shape index (κ2) is 8.43. The van der Waals surface area contributed by atoms with Gasteiger partial charge in [0.1, 0.15) is 5.15 Å². The van der Waals surface area contributed by atoms with Crippen LogP contribution in [0.4, 0.5) is 0 Å². The quantitative estimate of drug-likeness (QED) is 0.834. The van der Waals surface area contributed by atoms with Gasteiger partial charge in [0.25, 0.3) is 5.91 Å². The number of amides is 1. The van der Waals surface area contributed by atoms with Gasteiger partial charge in [-0.25, -0.2) is 4.98 Å². The van der Waals surface area contributed by atoms with Crippen LogP contribution in [-0.4, -0.2) is 48.6 Å². The first-order chi connectivity index (χ1) is 12.1. The Kier molecular flexibility index (Phi) is 6.02. The number of carbonyl (C=O) groups excluding carboxylic acids is 1. The first-order valence-electron chi connectivity index (χ1n) is 8.41. The van der Waals surface area contributed by atoms with E-state index in [1.54, 1.807) is 12.1 Å². The second-order valence-electron chi connectivity index (χ2n) is 6.22. The fourth-order valence-corrected chi connectivity index (χ4v) is 2.94. The summed E-state index contributed by atoms with van der Waals surface area (Å²) in [4.78, 5) is 18.9. The Morgan fingerprint density at radius 2 is 1.96 bits per heavy atom. The van der Waals surface area contributed by atoms with Crippen molar-refractivity contribution in [2.45, 2.75) is 13.0 Å². The van der Waals surface area contributed by atoms with Crippen molar-refractivity contribution >= 4 is 17.5 Å². The molecule has 2 heterocycles. The third-order valence-electron chi connectivity index (χ3n) is 4.32. The van der Waals surface area contributed by atoms with Crippen molar-refractivity contribution in [3.05, 3.63) is 64.4 Å². The molecule has 1 aromatic carbocycles. The zero-order chi connectivity index (χ0) is 17.6. The van der Waals surface area contributed by atoms with Crippen LogP contribution in [0, 0.1) is 6.92 Å². The predicted octanol–water partition coefficient (Wildman–Crippen LogP) is 2.85. The van der Waals surface area contributed by atoms with E-state index in [-0.39, 0.29) is 11.9 Å². The largest absolute Gasteiger partial charge is 0.379 e. The molecule has 6 heteroatoms. The molecule has 1 aromatic heterocycles. The fraction of sp³-hybridized carbons (Fsp3) is 0.368. The van der Waals surface area contributed by atoms with Crippen molar-refractivity contribution in [3.63, 3.8) is 0 Å². The van der Waals surface area contributed by atoms with Crippen LogP contribution in [0.2, 0.25) is 5.15 Å². The molecule has 0 spiro atoms. The van der Waals surface area contributed by atoms with Crippen molar-refractivity contribution in [1.29, 1.82) is 0 Å². The van der Waals surface area contributed by atoms with Crippen LogP contribution in [0.3, 0.4) is 0 Å². The van der Waals surface area contributed by atoms with Gasteiger partial charge in [0, 0.05) is 25.8 Å². The predicted molar refractivity (Wildman–Crippen MR) is 97.9 cm³/mol. The van der Waals surface area contributed by atoms with Crippen molar-refractivity contribution in [3.8, 4) is 0 Å². The molecule has 5 nitrogen and oxygen atoms in total. The molecule has 1 atom stereocenters. The summed E-state index contributed by atoms with van der Waals surface area (Å²) in [5.41, 5.74) is 2.79. The lowest BCUT2D eigenvalue weighted by atomic mass is 10.0. The van der Waals surface area contributed by atoms with Gasteiger partial charge in [0.2, 0.25) is 0 Å². The van der Waals surface area contributed by atoms with Crippen LogP contribution < -0.4 is 5.32 Å². The molecule has 132 valence electrons. The molecule has 3 rings (SSSR count). The molecule has 0 bridgehead atoms. The molecule has 1 aliphatic rings. The highest BCUT2D eigenvalue weighted by molar-refractivity contribution is 6.29. The molecule has 2 aromatic rings. The van der Waals surface area contributed by atoms with E-state index in [1.807, 2.05) is 0 Å². The average Bonchev–Trinajstić information content (AvgIpc) is 2.63. The van der Waals surface area contributed by atoms with Crippen LogP contribution in [0.25, 0.3) is 0 Å². The number of hydrogen-bond acceptors (Lipinski definition) is 4. The molecule has 1 fully saturated rings. The van der Waals surface area contributed by atoms with E-state index < -0.39 is 0 Å². The van der Waals surface area contributed by atoms with Crippen molar-refractivity contribution in [2.24, 2.45) is 0 Å². The molecule has 0 aliphatic carbocycles. The van der Waals surface area contributed by atoms with Gasteiger partial charge in [-0.2, -0.15) is 0 Å². The first kappa shape index (κ1) is 17.9. The van der Waals surface area contributed by atoms with Crippen LogP contribution in [0.1, 0.15) is 27.5 Å². The summed E-state index contributed by atoms with van der Waals surface area (Å²) in [6, 6.07) is 11.5. The molecule has 1 aliphatic heterocycles. The van der Waals surface area contributed by atoms with E-state index in [2.05, 4.69) is 46.4 Å². The molecular formula is C19H22ClN3O2. The van der Waals surface area contributed by atoms with Crippen LogP contribution in [0.5, 0.6) is 0 Å². The zero-order valence-corrected chi connectivity index (χ0v) is 15.0. The van der Waals surface area contributed by atoms with Gasteiger partial charge in [-0.3, -0.25) is 9.69 Å². The number of ether oxygens (including phenoxy) is 1. The number of carbonyl (C=O) groups is 1. The molecular weight excluding hydrogens is 338 g/mol. The monoisotopic (exact) mass is 359 g/mol. The number of aromatic nitrogens is 1. The third kappa shape index (κ3) is 5.01. The second-order valence-corrected chi connectivity index (χ2v) is 6.61. The normalized spacial score (nSPS) is 16.4. The lowest BCUT2D eigenvalue weighted by molar-refractivity contribution is 0.0332. The van der Waals surface area contributed by atoms with Crippen LogP contribution >= 0.6 is 11.6 Å². The lowest BCUT2D eigenvalue weighted by Crippen LogP contribution is -2.43. The highest BCUT2D eigenvalue weighted by Crippen LogP contribution is 2.17. The standard InChI is InChI=1S/C19H22ClN3O2/c1-14-2-4-15(5-3-14)17(13-23-8-10-25-11-9-23)22-19(24)16-6-7-18(20)21-12-16/h2-7,12,17H,8-11,13H2,1H3,(H,22,24)/t17-/m0/s1. The molecule has 1 saturated heterocycles. The maximum Gasteiger partial charge on any atom is 0.253 e.